The minimum atomic E-state index is -3.54. The van der Waals surface area contributed by atoms with Crippen LogP contribution in [0.25, 0.3) is 0 Å². The number of piperazine rings is 1. The predicted octanol–water partition coefficient (Wildman–Crippen LogP) is 2.32. The predicted molar refractivity (Wildman–Crippen MR) is 121 cm³/mol. The van der Waals surface area contributed by atoms with E-state index in [0.29, 0.717) is 37.6 Å². The molecule has 8 heteroatoms. The van der Waals surface area contributed by atoms with Crippen molar-refractivity contribution in [2.45, 2.75) is 38.3 Å². The van der Waals surface area contributed by atoms with E-state index in [4.69, 9.17) is 4.74 Å². The van der Waals surface area contributed by atoms with Gasteiger partial charge >= 0.3 is 0 Å². The first-order valence-corrected chi connectivity index (χ1v) is 11.9. The van der Waals surface area contributed by atoms with Crippen molar-refractivity contribution in [3.8, 4) is 5.75 Å². The molecule has 0 bridgehead atoms. The zero-order valence-corrected chi connectivity index (χ0v) is 19.4. The van der Waals surface area contributed by atoms with Crippen LogP contribution in [-0.2, 0) is 21.4 Å². The second-order valence-corrected chi connectivity index (χ2v) is 9.86. The fourth-order valence-electron chi connectivity index (χ4n) is 3.74. The van der Waals surface area contributed by atoms with E-state index in [1.807, 2.05) is 62.1 Å². The summed E-state index contributed by atoms with van der Waals surface area (Å²) in [5, 5.41) is 2.96. The van der Waals surface area contributed by atoms with E-state index in [2.05, 4.69) is 5.32 Å². The van der Waals surface area contributed by atoms with Crippen LogP contribution in [0.1, 0.15) is 23.6 Å². The first kappa shape index (κ1) is 23.2. The normalized spacial score (nSPS) is 16.6. The number of hydrogen-bond donors (Lipinski definition) is 1. The summed E-state index contributed by atoms with van der Waals surface area (Å²) in [7, 11) is -1.93. The lowest BCUT2D eigenvalue weighted by molar-refractivity contribution is -0.126. The molecular weight excluding hydrogens is 414 g/mol. The van der Waals surface area contributed by atoms with Gasteiger partial charge in [0.05, 0.1) is 18.0 Å². The summed E-state index contributed by atoms with van der Waals surface area (Å²) in [5.74, 6) is 0.676. The van der Waals surface area contributed by atoms with Crippen LogP contribution in [0.4, 0.5) is 0 Å². The molecule has 0 saturated carbocycles. The highest BCUT2D eigenvalue weighted by atomic mass is 32.2. The highest BCUT2D eigenvalue weighted by molar-refractivity contribution is 7.89. The Hall–Kier alpha value is -2.42. The summed E-state index contributed by atoms with van der Waals surface area (Å²) in [6.07, 6.45) is 0. The molecule has 31 heavy (non-hydrogen) atoms. The Labute approximate surface area is 185 Å². The summed E-state index contributed by atoms with van der Waals surface area (Å²) in [6, 6.07) is 12.7. The molecule has 1 amide bonds. The molecule has 1 saturated heterocycles. The van der Waals surface area contributed by atoms with Gasteiger partial charge in [0, 0.05) is 32.7 Å². The Morgan fingerprint density at radius 1 is 1.10 bits per heavy atom. The molecule has 0 radical (unpaired) electrons. The average molecular weight is 446 g/mol. The van der Waals surface area contributed by atoms with Crippen LogP contribution in [0.2, 0.25) is 0 Å². The average Bonchev–Trinajstić information content (AvgIpc) is 2.78. The number of hydrogen-bond acceptors (Lipinski definition) is 5. The van der Waals surface area contributed by atoms with Gasteiger partial charge in [0.2, 0.25) is 15.9 Å². The van der Waals surface area contributed by atoms with Gasteiger partial charge in [0.25, 0.3) is 0 Å². The molecule has 1 aliphatic rings. The second kappa shape index (κ2) is 9.80. The Morgan fingerprint density at radius 2 is 1.81 bits per heavy atom. The molecule has 1 aliphatic heterocycles. The highest BCUT2D eigenvalue weighted by Crippen LogP contribution is 2.23. The van der Waals surface area contributed by atoms with E-state index in [9.17, 15) is 13.2 Å². The summed E-state index contributed by atoms with van der Waals surface area (Å²) in [4.78, 5) is 15.0. The zero-order chi connectivity index (χ0) is 22.6. The fraction of sp³-hybridized carbons (Fsp3) is 0.435. The molecular formula is C23H31N3O4S. The molecule has 0 aliphatic carbocycles. The zero-order valence-electron chi connectivity index (χ0n) is 18.6. The first-order chi connectivity index (χ1) is 14.7. The van der Waals surface area contributed by atoms with Crippen molar-refractivity contribution in [3.63, 3.8) is 0 Å². The molecule has 1 heterocycles. The minimum absolute atomic E-state index is 0.0753. The minimum Gasteiger partial charge on any atom is -0.497 e. The molecule has 0 aromatic heterocycles. The number of carbonyl (C=O) groups is 1. The number of nitrogens with one attached hydrogen (secondary N) is 1. The van der Waals surface area contributed by atoms with E-state index in [1.165, 1.54) is 4.31 Å². The van der Waals surface area contributed by atoms with Gasteiger partial charge in [-0.05, 0) is 55.7 Å². The largest absolute Gasteiger partial charge is 0.497 e. The maximum absolute atomic E-state index is 13.1. The summed E-state index contributed by atoms with van der Waals surface area (Å²) in [6.45, 7) is 7.73. The maximum atomic E-state index is 13.1. The lowest BCUT2D eigenvalue weighted by Gasteiger charge is -2.37. The molecule has 168 valence electrons. The van der Waals surface area contributed by atoms with E-state index >= 15 is 0 Å². The fourth-order valence-corrected chi connectivity index (χ4v) is 5.47. The van der Waals surface area contributed by atoms with Crippen molar-refractivity contribution < 1.29 is 17.9 Å². The summed E-state index contributed by atoms with van der Waals surface area (Å²) < 4.78 is 32.9. The lowest BCUT2D eigenvalue weighted by atomic mass is 10.2. The molecule has 0 spiro atoms. The molecule has 2 aromatic carbocycles. The third-order valence-corrected chi connectivity index (χ3v) is 7.80. The molecule has 3 rings (SSSR count). The van der Waals surface area contributed by atoms with Crippen LogP contribution < -0.4 is 10.1 Å². The van der Waals surface area contributed by atoms with Gasteiger partial charge in [-0.1, -0.05) is 24.3 Å². The molecule has 2 aromatic rings. The van der Waals surface area contributed by atoms with Crippen LogP contribution in [0.15, 0.2) is 47.4 Å². The first-order valence-electron chi connectivity index (χ1n) is 10.4. The Morgan fingerprint density at radius 3 is 2.48 bits per heavy atom. The molecule has 1 atom stereocenters. The van der Waals surface area contributed by atoms with Crippen LogP contribution in [-0.4, -0.2) is 62.9 Å². The lowest BCUT2D eigenvalue weighted by Crippen LogP contribution is -2.54. The smallest absolute Gasteiger partial charge is 0.243 e. The molecule has 1 unspecified atom stereocenters. The Kier molecular flexibility index (Phi) is 7.35. The van der Waals surface area contributed by atoms with Crippen LogP contribution in [0, 0.1) is 13.8 Å². The van der Waals surface area contributed by atoms with Crippen molar-refractivity contribution in [2.24, 2.45) is 0 Å². The number of benzene rings is 2. The van der Waals surface area contributed by atoms with Crippen molar-refractivity contribution in [3.05, 3.63) is 59.2 Å². The van der Waals surface area contributed by atoms with E-state index in [0.717, 1.165) is 22.4 Å². The summed E-state index contributed by atoms with van der Waals surface area (Å²) >= 11 is 0. The SMILES string of the molecule is COc1cccc(CNC(=O)C(C)N2CCN(S(=O)(=O)c3cc(C)ccc3C)CC2)c1. The van der Waals surface area contributed by atoms with Gasteiger partial charge in [-0.3, -0.25) is 9.69 Å². The van der Waals surface area contributed by atoms with Crippen LogP contribution in [0.3, 0.4) is 0 Å². The second-order valence-electron chi connectivity index (χ2n) is 7.95. The number of amides is 1. The molecule has 7 nitrogen and oxygen atoms in total. The van der Waals surface area contributed by atoms with Crippen molar-refractivity contribution >= 4 is 15.9 Å². The van der Waals surface area contributed by atoms with E-state index in [1.54, 1.807) is 13.2 Å². The monoisotopic (exact) mass is 445 g/mol. The van der Waals surface area contributed by atoms with Gasteiger partial charge in [-0.15, -0.1) is 0 Å². The van der Waals surface area contributed by atoms with Crippen molar-refractivity contribution in [1.82, 2.24) is 14.5 Å². The van der Waals surface area contributed by atoms with Crippen LogP contribution >= 0.6 is 0 Å². The number of rotatable bonds is 7. The number of methoxy groups -OCH3 is 1. The van der Waals surface area contributed by atoms with Crippen LogP contribution in [0.5, 0.6) is 5.75 Å². The van der Waals surface area contributed by atoms with E-state index < -0.39 is 10.0 Å². The Balaban J connectivity index is 1.57. The third-order valence-electron chi connectivity index (χ3n) is 5.76. The molecule has 1 N–H and O–H groups in total. The standard InChI is InChI=1S/C23H31N3O4S/c1-17-8-9-18(2)22(14-17)31(28,29)26-12-10-25(11-13-26)19(3)23(27)24-16-20-6-5-7-21(15-20)30-4/h5-9,14-15,19H,10-13,16H2,1-4H3,(H,24,27). The van der Waals surface area contributed by atoms with Gasteiger partial charge < -0.3 is 10.1 Å². The number of ether oxygens (including phenoxy) is 1. The van der Waals surface area contributed by atoms with Gasteiger partial charge in [-0.2, -0.15) is 4.31 Å². The maximum Gasteiger partial charge on any atom is 0.243 e. The summed E-state index contributed by atoms with van der Waals surface area (Å²) in [5.41, 5.74) is 2.63. The topological polar surface area (TPSA) is 79.0 Å². The van der Waals surface area contributed by atoms with Crippen molar-refractivity contribution in [1.29, 1.82) is 0 Å². The number of sulfonamides is 1. The van der Waals surface area contributed by atoms with Crippen molar-refractivity contribution in [2.75, 3.05) is 33.3 Å². The number of carbonyl (C=O) groups excluding carboxylic acids is 1. The number of nitrogens with zero attached hydrogens (tertiary/aromatic N) is 2. The highest BCUT2D eigenvalue weighted by Gasteiger charge is 2.32. The van der Waals surface area contributed by atoms with E-state index in [-0.39, 0.29) is 11.9 Å². The molecule has 1 fully saturated rings. The quantitative estimate of drug-likeness (QED) is 0.708. The van der Waals surface area contributed by atoms with Gasteiger partial charge in [0.15, 0.2) is 0 Å². The Bertz CT molecular complexity index is 1030. The van der Waals surface area contributed by atoms with Gasteiger partial charge in [0.1, 0.15) is 5.75 Å². The number of aryl methyl sites for hydroxylation is 2. The third kappa shape index (κ3) is 5.44. The van der Waals surface area contributed by atoms with Gasteiger partial charge in [-0.25, -0.2) is 8.42 Å².